The maximum Gasteiger partial charge on any atom is 0.145 e. The Labute approximate surface area is 214 Å². The van der Waals surface area contributed by atoms with Crippen LogP contribution in [0.2, 0.25) is 0 Å². The number of benzene rings is 4. The van der Waals surface area contributed by atoms with Crippen LogP contribution < -0.4 is 4.74 Å². The van der Waals surface area contributed by atoms with E-state index in [0.29, 0.717) is 56.1 Å². The lowest BCUT2D eigenvalue weighted by atomic mass is 9.95. The monoisotopic (exact) mass is 508 g/mol. The maximum atomic E-state index is 11.0. The lowest BCUT2D eigenvalue weighted by molar-refractivity contribution is 0.298. The third-order valence-electron chi connectivity index (χ3n) is 6.94. The van der Waals surface area contributed by atoms with Gasteiger partial charge in [-0.1, -0.05) is 0 Å². The summed E-state index contributed by atoms with van der Waals surface area (Å²) in [5.41, 5.74) is 4.10. The molecule has 0 saturated heterocycles. The van der Waals surface area contributed by atoms with E-state index in [-0.39, 0.29) is 41.8 Å². The van der Waals surface area contributed by atoms with Crippen molar-refractivity contribution in [2.24, 2.45) is 0 Å². The van der Waals surface area contributed by atoms with Gasteiger partial charge in [0.15, 0.2) is 0 Å². The van der Waals surface area contributed by atoms with Gasteiger partial charge >= 0.3 is 0 Å². The first-order valence-electron chi connectivity index (χ1n) is 11.9. The van der Waals surface area contributed by atoms with Crippen LogP contribution in [-0.2, 0) is 13.0 Å². The zero-order valence-electron chi connectivity index (χ0n) is 19.7. The molecule has 5 N–H and O–H groups in total. The highest BCUT2D eigenvalue weighted by molar-refractivity contribution is 5.93. The highest BCUT2D eigenvalue weighted by atomic mass is 16.5. The minimum absolute atomic E-state index is 0.0180. The highest BCUT2D eigenvalue weighted by Gasteiger charge is 2.26. The first-order valence-corrected chi connectivity index (χ1v) is 11.9. The summed E-state index contributed by atoms with van der Waals surface area (Å²) in [4.78, 5) is 0. The third-order valence-corrected chi connectivity index (χ3v) is 6.94. The van der Waals surface area contributed by atoms with Crippen molar-refractivity contribution in [1.29, 1.82) is 0 Å². The van der Waals surface area contributed by atoms with Crippen LogP contribution in [-0.4, -0.2) is 25.5 Å². The molecule has 0 radical (unpaired) electrons. The molecule has 0 amide bonds. The van der Waals surface area contributed by atoms with Crippen LogP contribution >= 0.6 is 0 Å². The summed E-state index contributed by atoms with van der Waals surface area (Å²) in [5, 5.41) is 52.6. The summed E-state index contributed by atoms with van der Waals surface area (Å²) >= 11 is 0. The van der Waals surface area contributed by atoms with Crippen LogP contribution in [0.1, 0.15) is 16.7 Å². The van der Waals surface area contributed by atoms with Gasteiger partial charge in [0.25, 0.3) is 0 Å². The van der Waals surface area contributed by atoms with Gasteiger partial charge < -0.3 is 39.1 Å². The Kier molecular flexibility index (Phi) is 4.56. The Hall–Kier alpha value is -5.24. The van der Waals surface area contributed by atoms with Crippen LogP contribution in [0.4, 0.5) is 0 Å². The molecule has 0 spiro atoms. The maximum absolute atomic E-state index is 11.0. The van der Waals surface area contributed by atoms with E-state index in [4.69, 9.17) is 13.6 Å². The van der Waals surface area contributed by atoms with E-state index < -0.39 is 0 Å². The Morgan fingerprint density at radius 2 is 1.29 bits per heavy atom. The van der Waals surface area contributed by atoms with Gasteiger partial charge in [0.2, 0.25) is 0 Å². The van der Waals surface area contributed by atoms with Gasteiger partial charge in [0, 0.05) is 52.6 Å². The second kappa shape index (κ2) is 7.88. The smallest absolute Gasteiger partial charge is 0.145 e. The molecule has 4 aromatic carbocycles. The molecular weight excluding hydrogens is 488 g/mol. The van der Waals surface area contributed by atoms with Crippen molar-refractivity contribution in [3.8, 4) is 57.1 Å². The van der Waals surface area contributed by atoms with Gasteiger partial charge in [-0.15, -0.1) is 0 Å². The summed E-state index contributed by atoms with van der Waals surface area (Å²) in [6, 6.07) is 17.2. The number of ether oxygens (including phenoxy) is 1. The minimum atomic E-state index is -0.167. The SMILES string of the molecule is Oc1ccc(-c2oc3cc(O)ccc3c2Cc2cc3c4c(oc3cc2O)-c2ccc(O)cc2OC4)c(O)c1. The average molecular weight is 508 g/mol. The average Bonchev–Trinajstić information content (AvgIpc) is 3.41. The molecule has 1 aliphatic rings. The number of aromatic hydroxyl groups is 5. The van der Waals surface area contributed by atoms with Crippen LogP contribution in [0.25, 0.3) is 44.6 Å². The van der Waals surface area contributed by atoms with Gasteiger partial charge in [-0.05, 0) is 48.0 Å². The van der Waals surface area contributed by atoms with Gasteiger partial charge in [0.05, 0.1) is 11.1 Å². The molecule has 0 atom stereocenters. The molecule has 0 saturated carbocycles. The lowest BCUT2D eigenvalue weighted by Gasteiger charge is -2.16. The summed E-state index contributed by atoms with van der Waals surface area (Å²) in [5.74, 6) is 1.39. The Bertz CT molecular complexity index is 1910. The van der Waals surface area contributed by atoms with E-state index in [1.54, 1.807) is 36.4 Å². The van der Waals surface area contributed by atoms with Crippen LogP contribution in [0.5, 0.6) is 34.5 Å². The number of furan rings is 2. The quantitative estimate of drug-likeness (QED) is 0.182. The fourth-order valence-electron chi connectivity index (χ4n) is 5.13. The number of phenols is 5. The predicted molar refractivity (Wildman–Crippen MR) is 139 cm³/mol. The zero-order valence-corrected chi connectivity index (χ0v) is 19.7. The van der Waals surface area contributed by atoms with Gasteiger partial charge in [-0.2, -0.15) is 0 Å². The van der Waals surface area contributed by atoms with E-state index in [2.05, 4.69) is 0 Å². The second-order valence-corrected chi connectivity index (χ2v) is 9.32. The Morgan fingerprint density at radius 1 is 0.605 bits per heavy atom. The highest BCUT2D eigenvalue weighted by Crippen LogP contribution is 2.46. The van der Waals surface area contributed by atoms with Crippen molar-refractivity contribution < 1.29 is 39.1 Å². The molecule has 3 heterocycles. The predicted octanol–water partition coefficient (Wildman–Crippen LogP) is 6.52. The summed E-state index contributed by atoms with van der Waals surface area (Å²) in [6.07, 6.45) is 0.237. The molecule has 2 aromatic heterocycles. The van der Waals surface area contributed by atoms with Crippen molar-refractivity contribution in [3.05, 3.63) is 83.4 Å². The summed E-state index contributed by atoms with van der Waals surface area (Å²) < 4.78 is 18.0. The van der Waals surface area contributed by atoms with Gasteiger partial charge in [-0.25, -0.2) is 0 Å². The van der Waals surface area contributed by atoms with Crippen LogP contribution in [0, 0.1) is 0 Å². The molecule has 0 unspecified atom stereocenters. The lowest BCUT2D eigenvalue weighted by Crippen LogP contribution is -2.03. The topological polar surface area (TPSA) is 137 Å². The fourth-order valence-corrected chi connectivity index (χ4v) is 5.13. The minimum Gasteiger partial charge on any atom is -0.508 e. The molecule has 0 fully saturated rings. The number of hydrogen-bond donors (Lipinski definition) is 5. The standard InChI is InChI=1S/C30H20O8/c31-15-2-5-19(25(35)9-15)29-22(18-4-1-17(33)11-27(18)37-29)8-14-7-21-23-13-36-26-10-16(32)3-6-20(26)30(23)38-28(21)12-24(14)34/h1-7,9-12,31-35H,8,13H2. The van der Waals surface area contributed by atoms with E-state index in [1.807, 2.05) is 6.07 Å². The van der Waals surface area contributed by atoms with Crippen molar-refractivity contribution in [1.82, 2.24) is 0 Å². The third kappa shape index (κ3) is 3.31. The number of hydrogen-bond acceptors (Lipinski definition) is 8. The molecule has 0 bridgehead atoms. The summed E-state index contributed by atoms with van der Waals surface area (Å²) in [6.45, 7) is 0.240. The van der Waals surface area contributed by atoms with Crippen LogP contribution in [0.15, 0.2) is 75.6 Å². The Morgan fingerprint density at radius 3 is 2.11 bits per heavy atom. The first kappa shape index (κ1) is 22.0. The first-order chi connectivity index (χ1) is 18.4. The Balaban J connectivity index is 1.39. The molecule has 1 aliphatic heterocycles. The summed E-state index contributed by atoms with van der Waals surface area (Å²) in [7, 11) is 0. The van der Waals surface area contributed by atoms with Crippen LogP contribution in [0.3, 0.4) is 0 Å². The normalized spacial score (nSPS) is 12.4. The fraction of sp³-hybridized carbons (Fsp3) is 0.0667. The molecule has 0 aliphatic carbocycles. The van der Waals surface area contributed by atoms with Crippen molar-refractivity contribution in [3.63, 3.8) is 0 Å². The van der Waals surface area contributed by atoms with E-state index in [9.17, 15) is 25.5 Å². The van der Waals surface area contributed by atoms with Crippen molar-refractivity contribution >= 4 is 21.9 Å². The van der Waals surface area contributed by atoms with Gasteiger partial charge in [0.1, 0.15) is 63.8 Å². The molecule has 8 heteroatoms. The number of fused-ring (bicyclic) bond motifs is 6. The van der Waals surface area contributed by atoms with Crippen molar-refractivity contribution in [2.45, 2.75) is 13.0 Å². The zero-order chi connectivity index (χ0) is 26.1. The number of phenolic OH excluding ortho intramolecular Hbond substituents is 5. The van der Waals surface area contributed by atoms with E-state index in [0.717, 1.165) is 10.9 Å². The van der Waals surface area contributed by atoms with Gasteiger partial charge in [-0.3, -0.25) is 0 Å². The van der Waals surface area contributed by atoms with E-state index in [1.165, 1.54) is 24.3 Å². The molecule has 38 heavy (non-hydrogen) atoms. The number of rotatable bonds is 3. The molecule has 188 valence electrons. The van der Waals surface area contributed by atoms with Crippen molar-refractivity contribution in [2.75, 3.05) is 0 Å². The molecule has 6 aromatic rings. The second-order valence-electron chi connectivity index (χ2n) is 9.32. The molecule has 7 rings (SSSR count). The molecule has 8 nitrogen and oxygen atoms in total. The largest absolute Gasteiger partial charge is 0.508 e. The molecular formula is C30H20O8. The van der Waals surface area contributed by atoms with E-state index >= 15 is 0 Å².